The molecule has 90 valence electrons. The normalized spacial score (nSPS) is 9.22. The lowest BCUT2D eigenvalue weighted by Gasteiger charge is -2.05. The molecule has 2 aromatic rings. The zero-order valence-corrected chi connectivity index (χ0v) is 10.4. The summed E-state index contributed by atoms with van der Waals surface area (Å²) < 4.78 is 10.4. The predicted octanol–water partition coefficient (Wildman–Crippen LogP) is 3.10. The van der Waals surface area contributed by atoms with Gasteiger partial charge < -0.3 is 9.47 Å². The second kappa shape index (κ2) is 5.79. The Bertz CT molecular complexity index is 577. The number of hydrogen-bond donors (Lipinski definition) is 0. The lowest BCUT2D eigenvalue weighted by atomic mass is 10.1. The monoisotopic (exact) mass is 238 g/mol. The number of ether oxygens (including phenoxy) is 2. The van der Waals surface area contributed by atoms with Crippen LogP contribution < -0.4 is 9.47 Å². The average Bonchev–Trinajstić information content (AvgIpc) is 2.46. The summed E-state index contributed by atoms with van der Waals surface area (Å²) in [5, 5.41) is 0. The molecule has 18 heavy (non-hydrogen) atoms. The Morgan fingerprint density at radius 2 is 1.61 bits per heavy atom. The van der Waals surface area contributed by atoms with E-state index in [-0.39, 0.29) is 0 Å². The maximum Gasteiger partial charge on any atom is 0.138 e. The largest absolute Gasteiger partial charge is 0.497 e. The fraction of sp³-hybridized carbons (Fsp3) is 0.125. The third-order valence-corrected chi connectivity index (χ3v) is 2.52. The Hall–Kier alpha value is -2.40. The van der Waals surface area contributed by atoms with Crippen molar-refractivity contribution in [3.8, 4) is 23.3 Å². The van der Waals surface area contributed by atoms with Crippen LogP contribution in [0.1, 0.15) is 11.1 Å². The van der Waals surface area contributed by atoms with E-state index in [4.69, 9.17) is 9.47 Å². The van der Waals surface area contributed by atoms with Crippen LogP contribution in [0.4, 0.5) is 0 Å². The molecule has 0 aliphatic rings. The van der Waals surface area contributed by atoms with Crippen molar-refractivity contribution in [1.29, 1.82) is 0 Å². The summed E-state index contributed by atoms with van der Waals surface area (Å²) in [6, 6.07) is 15.5. The number of hydrogen-bond acceptors (Lipinski definition) is 2. The molecule has 0 saturated carbocycles. The molecular weight excluding hydrogens is 224 g/mol. The molecule has 2 rings (SSSR count). The van der Waals surface area contributed by atoms with E-state index in [0.29, 0.717) is 0 Å². The highest BCUT2D eigenvalue weighted by Gasteiger charge is 2.01. The smallest absolute Gasteiger partial charge is 0.138 e. The van der Waals surface area contributed by atoms with E-state index in [2.05, 4.69) is 11.8 Å². The average molecular weight is 238 g/mol. The van der Waals surface area contributed by atoms with Gasteiger partial charge in [0.1, 0.15) is 11.5 Å². The van der Waals surface area contributed by atoms with Gasteiger partial charge in [0.15, 0.2) is 0 Å². The third kappa shape index (κ3) is 2.83. The van der Waals surface area contributed by atoms with Crippen LogP contribution in [0, 0.1) is 11.8 Å². The van der Waals surface area contributed by atoms with Crippen LogP contribution in [0.25, 0.3) is 0 Å². The van der Waals surface area contributed by atoms with Gasteiger partial charge in [-0.2, -0.15) is 0 Å². The highest BCUT2D eigenvalue weighted by Crippen LogP contribution is 2.23. The van der Waals surface area contributed by atoms with Gasteiger partial charge in [0.05, 0.1) is 19.8 Å². The van der Waals surface area contributed by atoms with Gasteiger partial charge in [-0.15, -0.1) is 0 Å². The van der Waals surface area contributed by atoms with Crippen molar-refractivity contribution >= 4 is 0 Å². The summed E-state index contributed by atoms with van der Waals surface area (Å²) >= 11 is 0. The van der Waals surface area contributed by atoms with Crippen molar-refractivity contribution in [2.75, 3.05) is 14.2 Å². The lowest BCUT2D eigenvalue weighted by molar-refractivity contribution is 0.393. The van der Waals surface area contributed by atoms with Gasteiger partial charge in [-0.1, -0.05) is 30.0 Å². The first-order chi connectivity index (χ1) is 8.83. The van der Waals surface area contributed by atoms with E-state index in [1.54, 1.807) is 14.2 Å². The molecule has 0 bridgehead atoms. The molecule has 0 radical (unpaired) electrons. The molecule has 0 fully saturated rings. The van der Waals surface area contributed by atoms with Crippen LogP contribution >= 0.6 is 0 Å². The van der Waals surface area contributed by atoms with Crippen molar-refractivity contribution in [2.24, 2.45) is 0 Å². The highest BCUT2D eigenvalue weighted by molar-refractivity contribution is 5.52. The molecule has 2 aromatic carbocycles. The Morgan fingerprint density at radius 3 is 2.28 bits per heavy atom. The fourth-order valence-corrected chi connectivity index (χ4v) is 1.56. The highest BCUT2D eigenvalue weighted by atomic mass is 16.5. The van der Waals surface area contributed by atoms with Crippen molar-refractivity contribution in [3.05, 3.63) is 59.7 Å². The minimum atomic E-state index is 0.720. The molecule has 0 saturated heterocycles. The van der Waals surface area contributed by atoms with Crippen molar-refractivity contribution in [1.82, 2.24) is 0 Å². The standard InChI is InChI=1S/C16H14O2/c1-17-15-11-10-14(16(12-15)18-2)9-8-13-6-4-3-5-7-13/h3-7,10-12H,1-2H3. The first-order valence-electron chi connectivity index (χ1n) is 5.62. The molecule has 0 aliphatic carbocycles. The third-order valence-electron chi connectivity index (χ3n) is 2.52. The summed E-state index contributed by atoms with van der Waals surface area (Å²) in [6.45, 7) is 0. The molecule has 0 spiro atoms. The quantitative estimate of drug-likeness (QED) is 0.748. The van der Waals surface area contributed by atoms with E-state index in [1.807, 2.05) is 48.5 Å². The topological polar surface area (TPSA) is 18.5 Å². The Labute approximate surface area is 107 Å². The van der Waals surface area contributed by atoms with Crippen LogP contribution in [-0.4, -0.2) is 14.2 Å². The lowest BCUT2D eigenvalue weighted by Crippen LogP contribution is -1.90. The molecular formula is C16H14O2. The summed E-state index contributed by atoms with van der Waals surface area (Å²) in [7, 11) is 3.26. The van der Waals surface area contributed by atoms with Crippen LogP contribution in [-0.2, 0) is 0 Å². The first kappa shape index (κ1) is 12.1. The first-order valence-corrected chi connectivity index (χ1v) is 5.62. The number of benzene rings is 2. The van der Waals surface area contributed by atoms with Crippen LogP contribution in [0.15, 0.2) is 48.5 Å². The fourth-order valence-electron chi connectivity index (χ4n) is 1.56. The molecule has 0 amide bonds. The van der Waals surface area contributed by atoms with Gasteiger partial charge in [-0.05, 0) is 24.3 Å². The maximum absolute atomic E-state index is 5.29. The van der Waals surface area contributed by atoms with E-state index < -0.39 is 0 Å². The minimum absolute atomic E-state index is 0.720. The zero-order chi connectivity index (χ0) is 12.8. The van der Waals surface area contributed by atoms with Crippen LogP contribution in [0.5, 0.6) is 11.5 Å². The minimum Gasteiger partial charge on any atom is -0.497 e. The van der Waals surface area contributed by atoms with Gasteiger partial charge in [0, 0.05) is 11.6 Å². The van der Waals surface area contributed by atoms with Gasteiger partial charge in [-0.25, -0.2) is 0 Å². The second-order valence-corrected chi connectivity index (χ2v) is 3.68. The van der Waals surface area contributed by atoms with Crippen LogP contribution in [0.3, 0.4) is 0 Å². The molecule has 0 heterocycles. The van der Waals surface area contributed by atoms with E-state index >= 15 is 0 Å². The summed E-state index contributed by atoms with van der Waals surface area (Å²) in [5.41, 5.74) is 1.83. The molecule has 2 nitrogen and oxygen atoms in total. The van der Waals surface area contributed by atoms with Crippen LogP contribution in [0.2, 0.25) is 0 Å². The van der Waals surface area contributed by atoms with Gasteiger partial charge in [0.2, 0.25) is 0 Å². The van der Waals surface area contributed by atoms with Gasteiger partial charge in [-0.3, -0.25) is 0 Å². The maximum atomic E-state index is 5.29. The van der Waals surface area contributed by atoms with E-state index in [1.165, 1.54) is 0 Å². The molecule has 2 heteroatoms. The Balaban J connectivity index is 2.32. The number of rotatable bonds is 2. The summed E-state index contributed by atoms with van der Waals surface area (Å²) in [5.74, 6) is 7.68. The van der Waals surface area contributed by atoms with Crippen molar-refractivity contribution in [3.63, 3.8) is 0 Å². The number of methoxy groups -OCH3 is 2. The SMILES string of the molecule is COc1ccc(C#Cc2ccccc2)c(OC)c1. The molecule has 0 aliphatic heterocycles. The predicted molar refractivity (Wildman–Crippen MR) is 72.0 cm³/mol. The van der Waals surface area contributed by atoms with Gasteiger partial charge >= 0.3 is 0 Å². The van der Waals surface area contributed by atoms with Crippen molar-refractivity contribution < 1.29 is 9.47 Å². The molecule has 0 aromatic heterocycles. The van der Waals surface area contributed by atoms with E-state index in [9.17, 15) is 0 Å². The Morgan fingerprint density at radius 1 is 0.833 bits per heavy atom. The van der Waals surface area contributed by atoms with Gasteiger partial charge in [0.25, 0.3) is 0 Å². The van der Waals surface area contributed by atoms with E-state index in [0.717, 1.165) is 22.6 Å². The molecule has 0 N–H and O–H groups in total. The molecule has 0 atom stereocenters. The van der Waals surface area contributed by atoms with Crippen molar-refractivity contribution in [2.45, 2.75) is 0 Å². The Kier molecular flexibility index (Phi) is 3.88. The summed E-state index contributed by atoms with van der Waals surface area (Å²) in [6.07, 6.45) is 0. The zero-order valence-electron chi connectivity index (χ0n) is 10.4. The summed E-state index contributed by atoms with van der Waals surface area (Å²) in [4.78, 5) is 0. The second-order valence-electron chi connectivity index (χ2n) is 3.68. The molecule has 0 unspecified atom stereocenters.